The van der Waals surface area contributed by atoms with Crippen molar-refractivity contribution in [1.29, 1.82) is 0 Å². The van der Waals surface area contributed by atoms with E-state index in [2.05, 4.69) is 33.3 Å². The molecule has 0 nitrogen and oxygen atoms in total. The molecule has 0 heterocycles. The molecule has 0 aromatic carbocycles. The van der Waals surface area contributed by atoms with Gasteiger partial charge in [-0.2, -0.15) is 0 Å². The van der Waals surface area contributed by atoms with Gasteiger partial charge in [0.25, 0.3) is 0 Å². The molecule has 62 valence electrons. The smallest absolute Gasteiger partial charge is 0.0112 e. The summed E-state index contributed by atoms with van der Waals surface area (Å²) in [5, 5.41) is 0. The zero-order valence-electron chi connectivity index (χ0n) is 7.85. The Bertz CT molecular complexity index is 157. The van der Waals surface area contributed by atoms with Crippen LogP contribution < -0.4 is 0 Å². The van der Waals surface area contributed by atoms with Crippen molar-refractivity contribution in [2.75, 3.05) is 0 Å². The quantitative estimate of drug-likeness (QED) is 0.426. The summed E-state index contributed by atoms with van der Waals surface area (Å²) in [5.41, 5.74) is 0.232. The highest BCUT2D eigenvalue weighted by molar-refractivity contribution is 4.92. The SMILES string of the molecule is C#CC[C@@H](C)CC(C)(C)C=C. The van der Waals surface area contributed by atoms with Gasteiger partial charge in [-0.05, 0) is 17.8 Å². The molecular weight excluding hydrogens is 132 g/mol. The van der Waals surface area contributed by atoms with E-state index in [4.69, 9.17) is 6.42 Å². The third-order valence-corrected chi connectivity index (χ3v) is 1.89. The normalized spacial score (nSPS) is 13.6. The highest BCUT2D eigenvalue weighted by atomic mass is 14.2. The summed E-state index contributed by atoms with van der Waals surface area (Å²) in [5.74, 6) is 3.28. The minimum absolute atomic E-state index is 0.232. The molecule has 0 saturated heterocycles. The van der Waals surface area contributed by atoms with E-state index in [1.165, 1.54) is 0 Å². The third kappa shape index (κ3) is 4.67. The zero-order valence-corrected chi connectivity index (χ0v) is 7.85. The monoisotopic (exact) mass is 150 g/mol. The minimum Gasteiger partial charge on any atom is -0.120 e. The number of terminal acetylenes is 1. The van der Waals surface area contributed by atoms with E-state index in [1.807, 2.05) is 6.08 Å². The number of hydrogen-bond donors (Lipinski definition) is 0. The molecule has 1 atom stereocenters. The van der Waals surface area contributed by atoms with E-state index in [0.717, 1.165) is 12.8 Å². The molecule has 0 aliphatic rings. The van der Waals surface area contributed by atoms with E-state index in [9.17, 15) is 0 Å². The zero-order chi connectivity index (χ0) is 8.91. The Kier molecular flexibility index (Phi) is 3.97. The van der Waals surface area contributed by atoms with E-state index in [1.54, 1.807) is 0 Å². The van der Waals surface area contributed by atoms with Crippen LogP contribution in [0.25, 0.3) is 0 Å². The Balaban J connectivity index is 3.84. The summed E-state index contributed by atoms with van der Waals surface area (Å²) in [6.07, 6.45) is 9.21. The lowest BCUT2D eigenvalue weighted by molar-refractivity contribution is 0.354. The first-order valence-electron chi connectivity index (χ1n) is 4.09. The Labute approximate surface area is 70.7 Å². The highest BCUT2D eigenvalue weighted by Gasteiger charge is 2.16. The fourth-order valence-electron chi connectivity index (χ4n) is 1.25. The molecule has 0 fully saturated rings. The molecular formula is C11H18. The molecule has 0 aromatic rings. The van der Waals surface area contributed by atoms with E-state index in [0.29, 0.717) is 5.92 Å². The molecule has 0 saturated carbocycles. The number of allylic oxidation sites excluding steroid dienone is 1. The lowest BCUT2D eigenvalue weighted by atomic mass is 9.82. The minimum atomic E-state index is 0.232. The maximum absolute atomic E-state index is 5.21. The van der Waals surface area contributed by atoms with E-state index >= 15 is 0 Å². The van der Waals surface area contributed by atoms with Crippen molar-refractivity contribution in [3.63, 3.8) is 0 Å². The Morgan fingerprint density at radius 3 is 2.55 bits per heavy atom. The van der Waals surface area contributed by atoms with Crippen LogP contribution in [0.2, 0.25) is 0 Å². The van der Waals surface area contributed by atoms with Gasteiger partial charge in [0.1, 0.15) is 0 Å². The van der Waals surface area contributed by atoms with Gasteiger partial charge in [-0.15, -0.1) is 18.9 Å². The molecule has 0 heteroatoms. The van der Waals surface area contributed by atoms with Crippen LogP contribution in [-0.2, 0) is 0 Å². The van der Waals surface area contributed by atoms with Crippen molar-refractivity contribution in [1.82, 2.24) is 0 Å². The van der Waals surface area contributed by atoms with Gasteiger partial charge < -0.3 is 0 Å². The molecule has 11 heavy (non-hydrogen) atoms. The molecule has 0 spiro atoms. The first kappa shape index (κ1) is 10.3. The van der Waals surface area contributed by atoms with Gasteiger partial charge in [-0.25, -0.2) is 0 Å². The van der Waals surface area contributed by atoms with Gasteiger partial charge in [0, 0.05) is 6.42 Å². The first-order chi connectivity index (χ1) is 5.02. The average molecular weight is 150 g/mol. The molecule has 0 unspecified atom stereocenters. The fourth-order valence-corrected chi connectivity index (χ4v) is 1.25. The summed E-state index contributed by atoms with van der Waals surface area (Å²) in [6.45, 7) is 10.4. The summed E-state index contributed by atoms with van der Waals surface area (Å²) >= 11 is 0. The van der Waals surface area contributed by atoms with Gasteiger partial charge >= 0.3 is 0 Å². The second-order valence-corrected chi connectivity index (χ2v) is 3.91. The second kappa shape index (κ2) is 4.23. The molecule has 0 radical (unpaired) electrons. The van der Waals surface area contributed by atoms with Gasteiger partial charge in [0.05, 0.1) is 0 Å². The van der Waals surface area contributed by atoms with Crippen molar-refractivity contribution in [3.05, 3.63) is 12.7 Å². The van der Waals surface area contributed by atoms with Gasteiger partial charge in [0.15, 0.2) is 0 Å². The summed E-state index contributed by atoms with van der Waals surface area (Å²) in [7, 11) is 0. The van der Waals surface area contributed by atoms with Crippen molar-refractivity contribution >= 4 is 0 Å². The van der Waals surface area contributed by atoms with Gasteiger partial charge in [-0.3, -0.25) is 0 Å². The predicted molar refractivity (Wildman–Crippen MR) is 51.2 cm³/mol. The van der Waals surface area contributed by atoms with Crippen LogP contribution in [0.1, 0.15) is 33.6 Å². The van der Waals surface area contributed by atoms with Gasteiger partial charge in [-0.1, -0.05) is 26.8 Å². The average Bonchev–Trinajstić information content (AvgIpc) is 1.87. The van der Waals surface area contributed by atoms with Crippen molar-refractivity contribution < 1.29 is 0 Å². The fraction of sp³-hybridized carbons (Fsp3) is 0.636. The van der Waals surface area contributed by atoms with Crippen LogP contribution in [0.4, 0.5) is 0 Å². The maximum Gasteiger partial charge on any atom is 0.0112 e. The second-order valence-electron chi connectivity index (χ2n) is 3.91. The summed E-state index contributed by atoms with van der Waals surface area (Å²) < 4.78 is 0. The molecule has 0 bridgehead atoms. The van der Waals surface area contributed by atoms with E-state index < -0.39 is 0 Å². The van der Waals surface area contributed by atoms with Crippen molar-refractivity contribution in [3.8, 4) is 12.3 Å². The van der Waals surface area contributed by atoms with Crippen molar-refractivity contribution in [2.24, 2.45) is 11.3 Å². The number of rotatable bonds is 4. The lowest BCUT2D eigenvalue weighted by Gasteiger charge is -2.22. The predicted octanol–water partition coefficient (Wildman–Crippen LogP) is 3.25. The van der Waals surface area contributed by atoms with Crippen LogP contribution in [0, 0.1) is 23.7 Å². The lowest BCUT2D eigenvalue weighted by Crippen LogP contribution is -2.11. The molecule has 0 N–H and O–H groups in total. The molecule has 0 aliphatic carbocycles. The third-order valence-electron chi connectivity index (χ3n) is 1.89. The highest BCUT2D eigenvalue weighted by Crippen LogP contribution is 2.27. The standard InChI is InChI=1S/C11H18/c1-6-8-10(3)9-11(4,5)7-2/h1,7,10H,2,8-9H2,3-5H3/t10-/m1/s1. The van der Waals surface area contributed by atoms with Crippen LogP contribution in [0.15, 0.2) is 12.7 Å². The van der Waals surface area contributed by atoms with Crippen molar-refractivity contribution in [2.45, 2.75) is 33.6 Å². The number of hydrogen-bond acceptors (Lipinski definition) is 0. The molecule has 0 rings (SSSR count). The Hall–Kier alpha value is -0.700. The molecule has 0 aliphatic heterocycles. The van der Waals surface area contributed by atoms with Crippen LogP contribution in [-0.4, -0.2) is 0 Å². The molecule has 0 aromatic heterocycles. The van der Waals surface area contributed by atoms with Crippen LogP contribution in [0.5, 0.6) is 0 Å². The van der Waals surface area contributed by atoms with E-state index in [-0.39, 0.29) is 5.41 Å². The van der Waals surface area contributed by atoms with Crippen LogP contribution in [0.3, 0.4) is 0 Å². The maximum atomic E-state index is 5.21. The Morgan fingerprint density at radius 1 is 1.64 bits per heavy atom. The summed E-state index contributed by atoms with van der Waals surface area (Å²) in [6, 6.07) is 0. The topological polar surface area (TPSA) is 0 Å². The molecule has 0 amide bonds. The largest absolute Gasteiger partial charge is 0.120 e. The summed E-state index contributed by atoms with van der Waals surface area (Å²) in [4.78, 5) is 0. The van der Waals surface area contributed by atoms with Crippen LogP contribution >= 0.6 is 0 Å². The first-order valence-corrected chi connectivity index (χ1v) is 4.09. The Morgan fingerprint density at radius 2 is 2.18 bits per heavy atom. The van der Waals surface area contributed by atoms with Gasteiger partial charge in [0.2, 0.25) is 0 Å².